The van der Waals surface area contributed by atoms with Gasteiger partial charge in [0.25, 0.3) is 0 Å². The van der Waals surface area contributed by atoms with Crippen LogP contribution in [0.25, 0.3) is 20.9 Å². The van der Waals surface area contributed by atoms with Gasteiger partial charge >= 0.3 is 0 Å². The number of hydrogen-bond acceptors (Lipinski definition) is 5. The standard InChI is InChI=1S/C15H15N3OS/c1-18(2)11-6-4-10(5-7-11)14-16-12-8-9-13(19-3)17-15(12)20-14/h4-9H,1-3H3. The van der Waals surface area contributed by atoms with Gasteiger partial charge in [-0.3, -0.25) is 0 Å². The van der Waals surface area contributed by atoms with Gasteiger partial charge in [0.15, 0.2) is 0 Å². The van der Waals surface area contributed by atoms with Crippen molar-refractivity contribution in [2.24, 2.45) is 0 Å². The minimum atomic E-state index is 0.621. The van der Waals surface area contributed by atoms with Crippen molar-refractivity contribution in [3.8, 4) is 16.5 Å². The summed E-state index contributed by atoms with van der Waals surface area (Å²) in [6.07, 6.45) is 0. The molecule has 3 rings (SSSR count). The zero-order chi connectivity index (χ0) is 14.1. The molecule has 0 spiro atoms. The van der Waals surface area contributed by atoms with Gasteiger partial charge in [-0.1, -0.05) is 11.3 Å². The summed E-state index contributed by atoms with van der Waals surface area (Å²) in [6, 6.07) is 12.1. The number of ether oxygens (including phenoxy) is 1. The SMILES string of the molecule is COc1ccc2nc(-c3ccc(N(C)C)cc3)sc2n1. The van der Waals surface area contributed by atoms with Crippen molar-refractivity contribution in [3.05, 3.63) is 36.4 Å². The molecule has 3 aromatic rings. The number of methoxy groups -OCH3 is 1. The molecule has 0 N–H and O–H groups in total. The Kier molecular flexibility index (Phi) is 3.28. The van der Waals surface area contributed by atoms with Crippen LogP contribution in [0.2, 0.25) is 0 Å². The van der Waals surface area contributed by atoms with Crippen molar-refractivity contribution in [1.29, 1.82) is 0 Å². The molecule has 0 saturated carbocycles. The summed E-state index contributed by atoms with van der Waals surface area (Å²) in [5.41, 5.74) is 3.19. The highest BCUT2D eigenvalue weighted by Gasteiger charge is 2.08. The van der Waals surface area contributed by atoms with E-state index in [1.807, 2.05) is 26.2 Å². The van der Waals surface area contributed by atoms with Gasteiger partial charge < -0.3 is 9.64 Å². The highest BCUT2D eigenvalue weighted by atomic mass is 32.1. The summed E-state index contributed by atoms with van der Waals surface area (Å²) in [5.74, 6) is 0.621. The third-order valence-corrected chi connectivity index (χ3v) is 4.08. The molecule has 1 aromatic carbocycles. The molecule has 0 aliphatic rings. The van der Waals surface area contributed by atoms with Gasteiger partial charge in [0.2, 0.25) is 5.88 Å². The van der Waals surface area contributed by atoms with E-state index in [0.29, 0.717) is 5.88 Å². The van der Waals surface area contributed by atoms with Crippen molar-refractivity contribution in [2.45, 2.75) is 0 Å². The first-order chi connectivity index (χ1) is 9.67. The topological polar surface area (TPSA) is 38.2 Å². The van der Waals surface area contributed by atoms with Gasteiger partial charge in [0.1, 0.15) is 15.4 Å². The monoisotopic (exact) mass is 285 g/mol. The largest absolute Gasteiger partial charge is 0.481 e. The number of pyridine rings is 1. The maximum absolute atomic E-state index is 5.14. The highest BCUT2D eigenvalue weighted by molar-refractivity contribution is 7.21. The van der Waals surface area contributed by atoms with Crippen molar-refractivity contribution >= 4 is 27.4 Å². The van der Waals surface area contributed by atoms with E-state index in [4.69, 9.17) is 4.74 Å². The van der Waals surface area contributed by atoms with Crippen molar-refractivity contribution in [3.63, 3.8) is 0 Å². The maximum atomic E-state index is 5.14. The molecular formula is C15H15N3OS. The molecular weight excluding hydrogens is 270 g/mol. The predicted molar refractivity (Wildman–Crippen MR) is 83.7 cm³/mol. The average molecular weight is 285 g/mol. The molecule has 5 heteroatoms. The second-order valence-corrected chi connectivity index (χ2v) is 5.62. The van der Waals surface area contributed by atoms with Gasteiger partial charge in [-0.05, 0) is 30.3 Å². The summed E-state index contributed by atoms with van der Waals surface area (Å²) in [5, 5.41) is 0.978. The summed E-state index contributed by atoms with van der Waals surface area (Å²) in [7, 11) is 5.68. The van der Waals surface area contributed by atoms with Crippen molar-refractivity contribution in [2.75, 3.05) is 26.1 Å². The van der Waals surface area contributed by atoms with E-state index in [9.17, 15) is 0 Å². The van der Waals surface area contributed by atoms with Gasteiger partial charge in [-0.15, -0.1) is 0 Å². The van der Waals surface area contributed by atoms with E-state index in [2.05, 4.69) is 39.1 Å². The van der Waals surface area contributed by atoms with Crippen LogP contribution in [-0.2, 0) is 0 Å². The highest BCUT2D eigenvalue weighted by Crippen LogP contribution is 2.31. The first-order valence-electron chi connectivity index (χ1n) is 6.27. The molecule has 4 nitrogen and oxygen atoms in total. The zero-order valence-electron chi connectivity index (χ0n) is 11.6. The summed E-state index contributed by atoms with van der Waals surface area (Å²) >= 11 is 1.58. The van der Waals surface area contributed by atoms with Gasteiger partial charge in [-0.2, -0.15) is 0 Å². The lowest BCUT2D eigenvalue weighted by Gasteiger charge is -2.11. The minimum Gasteiger partial charge on any atom is -0.481 e. The van der Waals surface area contributed by atoms with Crippen LogP contribution in [0.3, 0.4) is 0 Å². The van der Waals surface area contributed by atoms with Gasteiger partial charge in [-0.25, -0.2) is 9.97 Å². The summed E-state index contributed by atoms with van der Waals surface area (Å²) in [6.45, 7) is 0. The van der Waals surface area contributed by atoms with Crippen LogP contribution < -0.4 is 9.64 Å². The first-order valence-corrected chi connectivity index (χ1v) is 7.08. The van der Waals surface area contributed by atoms with Crippen LogP contribution in [0.4, 0.5) is 5.69 Å². The van der Waals surface area contributed by atoms with Crippen LogP contribution >= 0.6 is 11.3 Å². The molecule has 0 unspecified atom stereocenters. The van der Waals surface area contributed by atoms with E-state index in [-0.39, 0.29) is 0 Å². The normalized spacial score (nSPS) is 10.8. The molecule has 0 aliphatic carbocycles. The lowest BCUT2D eigenvalue weighted by molar-refractivity contribution is 0.400. The van der Waals surface area contributed by atoms with Crippen LogP contribution in [0, 0.1) is 0 Å². The first kappa shape index (κ1) is 12.9. The Morgan fingerprint density at radius 1 is 1.00 bits per heavy atom. The minimum absolute atomic E-state index is 0.621. The Hall–Kier alpha value is -2.14. The van der Waals surface area contributed by atoms with Gasteiger partial charge in [0, 0.05) is 31.4 Å². The fourth-order valence-electron chi connectivity index (χ4n) is 1.94. The van der Waals surface area contributed by atoms with Crippen molar-refractivity contribution < 1.29 is 4.74 Å². The van der Waals surface area contributed by atoms with E-state index < -0.39 is 0 Å². The van der Waals surface area contributed by atoms with Gasteiger partial charge in [0.05, 0.1) is 7.11 Å². The number of nitrogens with zero attached hydrogens (tertiary/aromatic N) is 3. The number of fused-ring (bicyclic) bond motifs is 1. The Balaban J connectivity index is 2.01. The molecule has 0 fully saturated rings. The number of thiazole rings is 1. The third kappa shape index (κ3) is 2.32. The fourth-order valence-corrected chi connectivity index (χ4v) is 2.87. The molecule has 102 valence electrons. The Morgan fingerprint density at radius 3 is 2.40 bits per heavy atom. The third-order valence-electron chi connectivity index (χ3n) is 3.07. The molecule has 2 heterocycles. The van der Waals surface area contributed by atoms with Crippen LogP contribution in [0.15, 0.2) is 36.4 Å². The molecule has 0 saturated heterocycles. The number of aromatic nitrogens is 2. The number of benzene rings is 1. The molecule has 0 aliphatic heterocycles. The van der Waals surface area contributed by atoms with Crippen molar-refractivity contribution in [1.82, 2.24) is 9.97 Å². The predicted octanol–water partition coefficient (Wildman–Crippen LogP) is 3.43. The van der Waals surface area contributed by atoms with E-state index in [1.54, 1.807) is 18.4 Å². The zero-order valence-corrected chi connectivity index (χ0v) is 12.4. The molecule has 20 heavy (non-hydrogen) atoms. The molecule has 0 bridgehead atoms. The summed E-state index contributed by atoms with van der Waals surface area (Å²) < 4.78 is 5.14. The van der Waals surface area contributed by atoms with E-state index >= 15 is 0 Å². The summed E-state index contributed by atoms with van der Waals surface area (Å²) in [4.78, 5) is 12.0. The Morgan fingerprint density at radius 2 is 1.75 bits per heavy atom. The quantitative estimate of drug-likeness (QED) is 0.739. The molecule has 2 aromatic heterocycles. The Bertz CT molecular complexity index is 734. The Labute approximate surface area is 121 Å². The second kappa shape index (κ2) is 5.09. The number of hydrogen-bond donors (Lipinski definition) is 0. The molecule has 0 amide bonds. The number of anilines is 1. The number of rotatable bonds is 3. The van der Waals surface area contributed by atoms with Crippen LogP contribution in [0.1, 0.15) is 0 Å². The van der Waals surface area contributed by atoms with E-state index in [0.717, 1.165) is 20.9 Å². The lowest BCUT2D eigenvalue weighted by Crippen LogP contribution is -2.07. The fraction of sp³-hybridized carbons (Fsp3) is 0.200. The molecule has 0 radical (unpaired) electrons. The van der Waals surface area contributed by atoms with E-state index in [1.165, 1.54) is 5.69 Å². The maximum Gasteiger partial charge on any atom is 0.214 e. The molecule has 0 atom stereocenters. The average Bonchev–Trinajstić information content (AvgIpc) is 2.90. The van der Waals surface area contributed by atoms with Crippen LogP contribution in [0.5, 0.6) is 5.88 Å². The van der Waals surface area contributed by atoms with Crippen LogP contribution in [-0.4, -0.2) is 31.2 Å². The lowest BCUT2D eigenvalue weighted by atomic mass is 10.2. The smallest absolute Gasteiger partial charge is 0.214 e. The second-order valence-electron chi connectivity index (χ2n) is 4.64.